The maximum absolute atomic E-state index is 12.6. The number of fused-ring (bicyclic) bond motifs is 1. The number of aromatic nitrogens is 4. The van der Waals surface area contributed by atoms with Gasteiger partial charge in [0.25, 0.3) is 5.91 Å². The quantitative estimate of drug-likeness (QED) is 0.276. The summed E-state index contributed by atoms with van der Waals surface area (Å²) in [4.78, 5) is 25.6. The number of ether oxygens (including phenoxy) is 2. The van der Waals surface area contributed by atoms with Crippen molar-refractivity contribution in [2.24, 2.45) is 0 Å². The van der Waals surface area contributed by atoms with Crippen molar-refractivity contribution < 1.29 is 37.7 Å². The smallest absolute Gasteiger partial charge is 0.406 e. The third-order valence-electron chi connectivity index (χ3n) is 6.09. The Labute approximate surface area is 219 Å². The Hall–Kier alpha value is -4.27. The molecule has 0 spiro atoms. The number of nitrogens with zero attached hydrogens (tertiary/aromatic N) is 4. The van der Waals surface area contributed by atoms with Crippen LogP contribution in [0, 0.1) is 0 Å². The van der Waals surface area contributed by atoms with E-state index in [1.165, 1.54) is 30.1 Å². The fourth-order valence-electron chi connectivity index (χ4n) is 4.19. The van der Waals surface area contributed by atoms with Crippen LogP contribution in [-0.4, -0.2) is 67.4 Å². The molecule has 204 valence electrons. The molecule has 0 unspecified atom stereocenters. The second-order valence-electron chi connectivity index (χ2n) is 8.67. The van der Waals surface area contributed by atoms with E-state index in [-0.39, 0.29) is 11.5 Å². The van der Waals surface area contributed by atoms with Crippen LogP contribution in [0.15, 0.2) is 60.9 Å². The lowest BCUT2D eigenvalue weighted by Gasteiger charge is -2.17. The van der Waals surface area contributed by atoms with Crippen molar-refractivity contribution in [3.05, 3.63) is 66.5 Å². The third-order valence-corrected chi connectivity index (χ3v) is 6.09. The number of halogens is 3. The Kier molecular flexibility index (Phi) is 7.08. The number of aliphatic hydroxyl groups is 2. The van der Waals surface area contributed by atoms with Crippen LogP contribution in [-0.2, 0) is 16.1 Å². The van der Waals surface area contributed by atoms with Crippen LogP contribution in [0.1, 0.15) is 11.8 Å². The molecule has 4 atom stereocenters. The van der Waals surface area contributed by atoms with E-state index in [1.807, 2.05) is 30.3 Å². The maximum atomic E-state index is 12.6. The van der Waals surface area contributed by atoms with Crippen LogP contribution in [0.25, 0.3) is 22.6 Å². The number of aliphatic hydroxyl groups excluding tert-OH is 2. The summed E-state index contributed by atoms with van der Waals surface area (Å²) in [6.07, 6.45) is -9.03. The van der Waals surface area contributed by atoms with E-state index in [0.717, 1.165) is 17.7 Å². The highest BCUT2D eigenvalue weighted by Gasteiger charge is 2.47. The van der Waals surface area contributed by atoms with Gasteiger partial charge < -0.3 is 30.3 Å². The van der Waals surface area contributed by atoms with Crippen LogP contribution in [0.3, 0.4) is 0 Å². The van der Waals surface area contributed by atoms with Gasteiger partial charge in [-0.05, 0) is 29.8 Å². The topological polar surface area (TPSA) is 144 Å². The number of likely N-dealkylation sites (N-methyl/N-ethyl adjacent to an activating group) is 1. The Morgan fingerprint density at radius 2 is 1.79 bits per heavy atom. The van der Waals surface area contributed by atoms with E-state index in [4.69, 9.17) is 4.74 Å². The molecule has 1 aliphatic rings. The summed E-state index contributed by atoms with van der Waals surface area (Å²) in [5.41, 5.74) is 1.82. The summed E-state index contributed by atoms with van der Waals surface area (Å²) in [5, 5.41) is 26.6. The van der Waals surface area contributed by atoms with Crippen LogP contribution in [0.2, 0.25) is 0 Å². The van der Waals surface area contributed by atoms with Gasteiger partial charge in [-0.15, -0.1) is 13.2 Å². The molecule has 2 aromatic heterocycles. The number of hydrogen-bond acceptors (Lipinski definition) is 9. The molecule has 0 bridgehead atoms. The molecule has 14 heteroatoms. The molecule has 2 aromatic carbocycles. The van der Waals surface area contributed by atoms with E-state index >= 15 is 0 Å². The van der Waals surface area contributed by atoms with E-state index in [1.54, 1.807) is 0 Å². The van der Waals surface area contributed by atoms with Gasteiger partial charge in [-0.1, -0.05) is 30.3 Å². The zero-order valence-electron chi connectivity index (χ0n) is 20.3. The van der Waals surface area contributed by atoms with Crippen molar-refractivity contribution in [3.8, 4) is 17.1 Å². The molecule has 5 rings (SSSR count). The summed E-state index contributed by atoms with van der Waals surface area (Å²) >= 11 is 0. The van der Waals surface area contributed by atoms with Crippen LogP contribution >= 0.6 is 0 Å². The van der Waals surface area contributed by atoms with E-state index < -0.39 is 42.6 Å². The SMILES string of the molecule is CNC(=O)[C@H]1O[C@H](n2cnc3c(NCc4ccccc4)nc(-c4ccc(OC(F)(F)F)cc4)nc32)[C@@H](O)[C@@H]1O. The van der Waals surface area contributed by atoms with Gasteiger partial charge in [-0.25, -0.2) is 15.0 Å². The van der Waals surface area contributed by atoms with Gasteiger partial charge in [0.05, 0.1) is 6.33 Å². The van der Waals surface area contributed by atoms with Gasteiger partial charge in [-0.3, -0.25) is 9.36 Å². The van der Waals surface area contributed by atoms with Gasteiger partial charge in [-0.2, -0.15) is 0 Å². The highest BCUT2D eigenvalue weighted by molar-refractivity contribution is 5.85. The summed E-state index contributed by atoms with van der Waals surface area (Å²) in [7, 11) is 1.37. The first kappa shape index (κ1) is 26.3. The summed E-state index contributed by atoms with van der Waals surface area (Å²) < 4.78 is 48.8. The van der Waals surface area contributed by atoms with E-state index in [9.17, 15) is 28.2 Å². The van der Waals surface area contributed by atoms with Crippen molar-refractivity contribution in [2.45, 2.75) is 37.4 Å². The molecule has 4 aromatic rings. The van der Waals surface area contributed by atoms with Gasteiger partial charge in [0.2, 0.25) is 0 Å². The van der Waals surface area contributed by atoms with Crippen molar-refractivity contribution >= 4 is 22.9 Å². The predicted octanol–water partition coefficient (Wildman–Crippen LogP) is 2.37. The maximum Gasteiger partial charge on any atom is 0.573 e. The Morgan fingerprint density at radius 3 is 2.46 bits per heavy atom. The standard InChI is InChI=1S/C25H23F3N6O5/c1-29-23(37)19-17(35)18(36)24(38-19)34-12-31-16-21(30-11-13-5-3-2-4-6-13)32-20(33-22(16)34)14-7-9-15(10-8-14)39-25(26,27)28/h2-10,12,17-19,24,35-36H,11H2,1H3,(H,29,37)(H,30,32,33)/t17-,18-,19-,24-/m0/s1. The normalized spacial score (nSPS) is 21.2. The van der Waals surface area contributed by atoms with Gasteiger partial charge >= 0.3 is 6.36 Å². The lowest BCUT2D eigenvalue weighted by atomic mass is 10.1. The molecule has 0 aliphatic carbocycles. The largest absolute Gasteiger partial charge is 0.573 e. The summed E-state index contributed by atoms with van der Waals surface area (Å²) in [6, 6.07) is 14.5. The number of anilines is 1. The number of imidazole rings is 1. The third kappa shape index (κ3) is 5.48. The minimum Gasteiger partial charge on any atom is -0.406 e. The summed E-state index contributed by atoms with van der Waals surface area (Å²) in [6.45, 7) is 0.373. The highest BCUT2D eigenvalue weighted by Crippen LogP contribution is 2.34. The number of nitrogens with one attached hydrogen (secondary N) is 2. The van der Waals surface area contributed by atoms with Gasteiger partial charge in [0, 0.05) is 19.2 Å². The lowest BCUT2D eigenvalue weighted by Crippen LogP contribution is -2.41. The molecule has 39 heavy (non-hydrogen) atoms. The molecule has 1 aliphatic heterocycles. The number of benzene rings is 2. The monoisotopic (exact) mass is 544 g/mol. The van der Waals surface area contributed by atoms with Crippen molar-refractivity contribution in [3.63, 3.8) is 0 Å². The molecular formula is C25H23F3N6O5. The summed E-state index contributed by atoms with van der Waals surface area (Å²) in [5.74, 6) is -0.579. The second kappa shape index (κ2) is 10.5. The molecule has 1 amide bonds. The first-order valence-electron chi connectivity index (χ1n) is 11.8. The molecule has 4 N–H and O–H groups in total. The van der Waals surface area contributed by atoms with Gasteiger partial charge in [0.1, 0.15) is 18.0 Å². The van der Waals surface area contributed by atoms with Crippen LogP contribution < -0.4 is 15.4 Å². The predicted molar refractivity (Wildman–Crippen MR) is 131 cm³/mol. The van der Waals surface area contributed by atoms with E-state index in [2.05, 4.69) is 30.3 Å². The molecule has 11 nitrogen and oxygen atoms in total. The molecule has 1 saturated heterocycles. The molecule has 0 saturated carbocycles. The Balaban J connectivity index is 1.55. The lowest BCUT2D eigenvalue weighted by molar-refractivity contribution is -0.274. The number of amides is 1. The molecule has 1 fully saturated rings. The Bertz CT molecular complexity index is 1470. The van der Waals surface area contributed by atoms with Crippen molar-refractivity contribution in [2.75, 3.05) is 12.4 Å². The zero-order valence-corrected chi connectivity index (χ0v) is 20.3. The van der Waals surface area contributed by atoms with Crippen molar-refractivity contribution in [1.29, 1.82) is 0 Å². The Morgan fingerprint density at radius 1 is 1.08 bits per heavy atom. The first-order chi connectivity index (χ1) is 18.6. The van der Waals surface area contributed by atoms with E-state index in [0.29, 0.717) is 23.4 Å². The van der Waals surface area contributed by atoms with Gasteiger partial charge in [0.15, 0.2) is 35.1 Å². The molecule has 0 radical (unpaired) electrons. The highest BCUT2D eigenvalue weighted by atomic mass is 19.4. The first-order valence-corrected chi connectivity index (χ1v) is 11.8. The molecule has 3 heterocycles. The van der Waals surface area contributed by atoms with Crippen molar-refractivity contribution in [1.82, 2.24) is 24.8 Å². The average Bonchev–Trinajstić information content (AvgIpc) is 3.47. The number of carbonyl (C=O) groups excluding carboxylic acids is 1. The van der Waals surface area contributed by atoms with Crippen LogP contribution in [0.4, 0.5) is 19.0 Å². The number of carbonyl (C=O) groups is 1. The average molecular weight is 544 g/mol. The number of rotatable bonds is 7. The minimum absolute atomic E-state index is 0.134. The van der Waals surface area contributed by atoms with Crippen LogP contribution in [0.5, 0.6) is 5.75 Å². The molecular weight excluding hydrogens is 521 g/mol. The zero-order chi connectivity index (χ0) is 27.7. The number of alkyl halides is 3. The fraction of sp³-hybridized carbons (Fsp3) is 0.280. The number of hydrogen-bond donors (Lipinski definition) is 4. The second-order valence-corrected chi connectivity index (χ2v) is 8.67. The minimum atomic E-state index is -4.84. The fourth-order valence-corrected chi connectivity index (χ4v) is 4.19.